The van der Waals surface area contributed by atoms with Gasteiger partial charge >= 0.3 is 0 Å². The lowest BCUT2D eigenvalue weighted by atomic mass is 10.3. The van der Waals surface area contributed by atoms with Crippen LogP contribution in [0.5, 0.6) is 5.75 Å². The molecule has 1 amide bonds. The Labute approximate surface area is 109 Å². The van der Waals surface area contributed by atoms with Crippen LogP contribution >= 0.6 is 11.6 Å². The zero-order chi connectivity index (χ0) is 13.1. The second kappa shape index (κ2) is 5.10. The Morgan fingerprint density at radius 3 is 2.56 bits per heavy atom. The summed E-state index contributed by atoms with van der Waals surface area (Å²) in [6.45, 7) is 0. The number of aryl methyl sites for hydroxylation is 1. The number of aromatic nitrogens is 2. The highest BCUT2D eigenvalue weighted by Crippen LogP contribution is 2.18. The first-order valence-corrected chi connectivity index (χ1v) is 5.62. The molecule has 0 bridgehead atoms. The Hall–Kier alpha value is -2.01. The number of benzene rings is 1. The standard InChI is InChI=1S/C12H12ClN3O2/c1-16-11(10(13)7-14-16)12(17)15-8-3-5-9(18-2)6-4-8/h3-7H,1-2H3,(H,15,17). The number of amides is 1. The molecule has 0 spiro atoms. The molecule has 94 valence electrons. The molecule has 1 heterocycles. The van der Waals surface area contributed by atoms with Gasteiger partial charge in [0, 0.05) is 12.7 Å². The highest BCUT2D eigenvalue weighted by molar-refractivity contribution is 6.34. The number of nitrogens with zero attached hydrogens (tertiary/aromatic N) is 2. The molecule has 0 saturated carbocycles. The average molecular weight is 266 g/mol. The second-order valence-corrected chi connectivity index (χ2v) is 4.05. The molecule has 0 radical (unpaired) electrons. The summed E-state index contributed by atoms with van der Waals surface area (Å²) in [7, 11) is 3.25. The minimum atomic E-state index is -0.301. The van der Waals surface area contributed by atoms with Crippen LogP contribution in [0, 0.1) is 0 Å². The minimum Gasteiger partial charge on any atom is -0.497 e. The number of hydrogen-bond donors (Lipinski definition) is 1. The maximum atomic E-state index is 12.0. The largest absolute Gasteiger partial charge is 0.497 e. The van der Waals surface area contributed by atoms with Crippen LogP contribution in [0.15, 0.2) is 30.5 Å². The van der Waals surface area contributed by atoms with Crippen LogP contribution in [0.2, 0.25) is 5.02 Å². The minimum absolute atomic E-state index is 0.301. The normalized spacial score (nSPS) is 10.2. The molecule has 0 saturated heterocycles. The van der Waals surface area contributed by atoms with Crippen molar-refractivity contribution in [2.75, 3.05) is 12.4 Å². The van der Waals surface area contributed by atoms with Gasteiger partial charge in [-0.1, -0.05) is 11.6 Å². The summed E-state index contributed by atoms with van der Waals surface area (Å²) >= 11 is 5.89. The number of carbonyl (C=O) groups is 1. The molecular formula is C12H12ClN3O2. The first-order chi connectivity index (χ1) is 8.61. The Bertz CT molecular complexity index is 544. The van der Waals surface area contributed by atoms with Gasteiger partial charge in [-0.3, -0.25) is 9.48 Å². The van der Waals surface area contributed by atoms with E-state index < -0.39 is 0 Å². The van der Waals surface area contributed by atoms with Crippen LogP contribution in [0.25, 0.3) is 0 Å². The third-order valence-corrected chi connectivity index (χ3v) is 2.73. The van der Waals surface area contributed by atoms with Gasteiger partial charge in [-0.15, -0.1) is 0 Å². The fraction of sp³-hybridized carbons (Fsp3) is 0.167. The van der Waals surface area contributed by atoms with Gasteiger partial charge in [0.2, 0.25) is 0 Å². The summed E-state index contributed by atoms with van der Waals surface area (Å²) in [4.78, 5) is 12.0. The van der Waals surface area contributed by atoms with Crippen molar-refractivity contribution in [3.63, 3.8) is 0 Å². The third kappa shape index (κ3) is 2.46. The molecular weight excluding hydrogens is 254 g/mol. The molecule has 1 N–H and O–H groups in total. The van der Waals surface area contributed by atoms with E-state index in [9.17, 15) is 4.79 Å². The smallest absolute Gasteiger partial charge is 0.275 e. The number of rotatable bonds is 3. The fourth-order valence-corrected chi connectivity index (χ4v) is 1.78. The van der Waals surface area contributed by atoms with Gasteiger partial charge in [0.05, 0.1) is 18.3 Å². The van der Waals surface area contributed by atoms with E-state index >= 15 is 0 Å². The lowest BCUT2D eigenvalue weighted by Gasteiger charge is -2.06. The van der Waals surface area contributed by atoms with Crippen molar-refractivity contribution in [1.82, 2.24) is 9.78 Å². The van der Waals surface area contributed by atoms with Gasteiger partial charge in [-0.2, -0.15) is 5.10 Å². The molecule has 2 aromatic rings. The molecule has 0 fully saturated rings. The van der Waals surface area contributed by atoms with E-state index in [0.717, 1.165) is 5.75 Å². The van der Waals surface area contributed by atoms with E-state index in [4.69, 9.17) is 16.3 Å². The zero-order valence-corrected chi connectivity index (χ0v) is 10.7. The quantitative estimate of drug-likeness (QED) is 0.927. The monoisotopic (exact) mass is 265 g/mol. The highest BCUT2D eigenvalue weighted by atomic mass is 35.5. The van der Waals surface area contributed by atoms with Crippen LogP contribution in [0.1, 0.15) is 10.5 Å². The number of nitrogens with one attached hydrogen (secondary N) is 1. The molecule has 1 aromatic heterocycles. The van der Waals surface area contributed by atoms with E-state index in [2.05, 4.69) is 10.4 Å². The second-order valence-electron chi connectivity index (χ2n) is 3.65. The number of ether oxygens (including phenoxy) is 1. The summed E-state index contributed by atoms with van der Waals surface area (Å²) in [6.07, 6.45) is 1.44. The lowest BCUT2D eigenvalue weighted by Crippen LogP contribution is -2.16. The molecule has 0 aliphatic rings. The lowest BCUT2D eigenvalue weighted by molar-refractivity contribution is 0.101. The molecule has 0 aliphatic carbocycles. The van der Waals surface area contributed by atoms with E-state index in [1.54, 1.807) is 38.4 Å². The van der Waals surface area contributed by atoms with Gasteiger partial charge in [0.15, 0.2) is 0 Å². The van der Waals surface area contributed by atoms with Crippen LogP contribution in [0.4, 0.5) is 5.69 Å². The summed E-state index contributed by atoms with van der Waals surface area (Å²) in [5, 5.41) is 6.97. The van der Waals surface area contributed by atoms with Gasteiger partial charge in [0.25, 0.3) is 5.91 Å². The van der Waals surface area contributed by atoms with E-state index in [1.165, 1.54) is 10.9 Å². The Balaban J connectivity index is 2.16. The number of methoxy groups -OCH3 is 1. The summed E-state index contributed by atoms with van der Waals surface area (Å²) in [5.74, 6) is 0.428. The molecule has 18 heavy (non-hydrogen) atoms. The Morgan fingerprint density at radius 1 is 1.39 bits per heavy atom. The molecule has 0 atom stereocenters. The molecule has 6 heteroatoms. The first kappa shape index (κ1) is 12.4. The molecule has 0 aliphatic heterocycles. The average Bonchev–Trinajstić information content (AvgIpc) is 2.70. The van der Waals surface area contributed by atoms with Gasteiger partial charge in [-0.25, -0.2) is 0 Å². The molecule has 2 rings (SSSR count). The first-order valence-electron chi connectivity index (χ1n) is 5.24. The van der Waals surface area contributed by atoms with Crippen molar-refractivity contribution in [1.29, 1.82) is 0 Å². The van der Waals surface area contributed by atoms with E-state index in [-0.39, 0.29) is 5.91 Å². The van der Waals surface area contributed by atoms with Crippen LogP contribution in [-0.4, -0.2) is 22.8 Å². The predicted molar refractivity (Wildman–Crippen MR) is 69.2 cm³/mol. The number of halogens is 1. The maximum absolute atomic E-state index is 12.0. The van der Waals surface area contributed by atoms with Crippen molar-refractivity contribution < 1.29 is 9.53 Å². The van der Waals surface area contributed by atoms with Crippen molar-refractivity contribution in [2.45, 2.75) is 0 Å². The summed E-state index contributed by atoms with van der Waals surface area (Å²) in [5.41, 5.74) is 0.991. The Morgan fingerprint density at radius 2 is 2.06 bits per heavy atom. The summed E-state index contributed by atoms with van der Waals surface area (Å²) < 4.78 is 6.47. The zero-order valence-electron chi connectivity index (χ0n) is 9.98. The molecule has 0 unspecified atom stereocenters. The third-order valence-electron chi connectivity index (χ3n) is 2.46. The Kier molecular flexibility index (Phi) is 3.53. The van der Waals surface area contributed by atoms with Crippen LogP contribution in [0.3, 0.4) is 0 Å². The number of anilines is 1. The van der Waals surface area contributed by atoms with E-state index in [1.807, 2.05) is 0 Å². The van der Waals surface area contributed by atoms with Crippen molar-refractivity contribution in [2.24, 2.45) is 7.05 Å². The van der Waals surface area contributed by atoms with Crippen molar-refractivity contribution in [3.05, 3.63) is 41.2 Å². The summed E-state index contributed by atoms with van der Waals surface area (Å²) in [6, 6.07) is 7.03. The number of hydrogen-bond acceptors (Lipinski definition) is 3. The highest BCUT2D eigenvalue weighted by Gasteiger charge is 2.15. The topological polar surface area (TPSA) is 56.1 Å². The van der Waals surface area contributed by atoms with Crippen LogP contribution < -0.4 is 10.1 Å². The molecule has 1 aromatic carbocycles. The van der Waals surface area contributed by atoms with Gasteiger partial charge in [0.1, 0.15) is 11.4 Å². The van der Waals surface area contributed by atoms with Crippen molar-refractivity contribution >= 4 is 23.2 Å². The SMILES string of the molecule is COc1ccc(NC(=O)c2c(Cl)cnn2C)cc1. The van der Waals surface area contributed by atoms with Crippen LogP contribution in [-0.2, 0) is 7.05 Å². The van der Waals surface area contributed by atoms with Crippen molar-refractivity contribution in [3.8, 4) is 5.75 Å². The maximum Gasteiger partial charge on any atom is 0.275 e. The van der Waals surface area contributed by atoms with E-state index in [0.29, 0.717) is 16.4 Å². The fourth-order valence-electron chi connectivity index (χ4n) is 1.53. The number of carbonyl (C=O) groups excluding carboxylic acids is 1. The van der Waals surface area contributed by atoms with Gasteiger partial charge < -0.3 is 10.1 Å². The van der Waals surface area contributed by atoms with Gasteiger partial charge in [-0.05, 0) is 24.3 Å². The molecule has 5 nitrogen and oxygen atoms in total. The predicted octanol–water partition coefficient (Wildman–Crippen LogP) is 2.33.